The number of rotatable bonds is 6. The van der Waals surface area contributed by atoms with Gasteiger partial charge in [0.15, 0.2) is 11.5 Å². The van der Waals surface area contributed by atoms with Crippen molar-refractivity contribution in [3.8, 4) is 23.3 Å². The van der Waals surface area contributed by atoms with Crippen LogP contribution >= 0.6 is 0 Å². The summed E-state index contributed by atoms with van der Waals surface area (Å²) in [5.41, 5.74) is 0.973. The molecule has 4 unspecified atom stereocenters. The zero-order chi connectivity index (χ0) is 20.6. The van der Waals surface area contributed by atoms with E-state index in [2.05, 4.69) is 25.8 Å². The van der Waals surface area contributed by atoms with Crippen LogP contribution in [-0.2, 0) is 16.0 Å². The van der Waals surface area contributed by atoms with Crippen molar-refractivity contribution < 1.29 is 23.7 Å². The molecule has 3 aliphatic heterocycles. The summed E-state index contributed by atoms with van der Waals surface area (Å²) < 4.78 is 30.4. The van der Waals surface area contributed by atoms with E-state index in [-0.39, 0.29) is 37.1 Å². The summed E-state index contributed by atoms with van der Waals surface area (Å²) in [6.45, 7) is 1.82. The van der Waals surface area contributed by atoms with E-state index in [4.69, 9.17) is 23.7 Å². The maximum atomic E-state index is 6.06. The van der Waals surface area contributed by atoms with Gasteiger partial charge >= 0.3 is 6.01 Å². The molecule has 5 heterocycles. The molecule has 0 saturated carbocycles. The smallest absolute Gasteiger partial charge is 0.341 e. The first-order valence-corrected chi connectivity index (χ1v) is 10.1. The van der Waals surface area contributed by atoms with Gasteiger partial charge < -0.3 is 29.0 Å². The Morgan fingerprint density at radius 1 is 1.06 bits per heavy atom. The van der Waals surface area contributed by atoms with Gasteiger partial charge in [0.2, 0.25) is 6.79 Å². The predicted molar refractivity (Wildman–Crippen MR) is 104 cm³/mol. The second-order valence-corrected chi connectivity index (χ2v) is 7.49. The van der Waals surface area contributed by atoms with Gasteiger partial charge in [-0.05, 0) is 34.7 Å². The molecule has 1 aromatic carbocycles. The van der Waals surface area contributed by atoms with E-state index in [1.165, 1.54) is 0 Å². The SMILES string of the molecule is c1ccc(CNC2COC3C2OCC3n2nnnc2Oc2ccc3c(c2)OCO3)nc1. The molecule has 2 fully saturated rings. The van der Waals surface area contributed by atoms with Gasteiger partial charge in [0.25, 0.3) is 0 Å². The second kappa shape index (κ2) is 7.76. The summed E-state index contributed by atoms with van der Waals surface area (Å²) in [5.74, 6) is 1.86. The van der Waals surface area contributed by atoms with Crippen LogP contribution in [0.3, 0.4) is 0 Å². The monoisotopic (exact) mass is 424 g/mol. The summed E-state index contributed by atoms with van der Waals surface area (Å²) in [5, 5.41) is 15.4. The fraction of sp³-hybridized carbons (Fsp3) is 0.400. The van der Waals surface area contributed by atoms with E-state index in [0.29, 0.717) is 37.0 Å². The molecule has 3 aliphatic rings. The third-order valence-electron chi connectivity index (χ3n) is 5.63. The molecule has 4 atom stereocenters. The maximum Gasteiger partial charge on any atom is 0.341 e. The lowest BCUT2D eigenvalue weighted by atomic mass is 10.1. The third kappa shape index (κ3) is 3.46. The number of benzene rings is 1. The van der Waals surface area contributed by atoms with Crippen molar-refractivity contribution in [3.63, 3.8) is 0 Å². The lowest BCUT2D eigenvalue weighted by Gasteiger charge is -2.18. The van der Waals surface area contributed by atoms with Gasteiger partial charge in [-0.1, -0.05) is 11.2 Å². The van der Waals surface area contributed by atoms with Crippen molar-refractivity contribution in [2.75, 3.05) is 20.0 Å². The van der Waals surface area contributed by atoms with Crippen LogP contribution in [0.15, 0.2) is 42.6 Å². The van der Waals surface area contributed by atoms with Crippen LogP contribution in [0.2, 0.25) is 0 Å². The van der Waals surface area contributed by atoms with E-state index >= 15 is 0 Å². The number of pyridine rings is 1. The molecule has 0 bridgehead atoms. The number of fused-ring (bicyclic) bond motifs is 2. The quantitative estimate of drug-likeness (QED) is 0.616. The number of hydrogen-bond donors (Lipinski definition) is 1. The number of aromatic nitrogens is 5. The number of nitrogens with one attached hydrogen (secondary N) is 1. The molecule has 6 rings (SSSR count). The van der Waals surface area contributed by atoms with Gasteiger partial charge in [0.05, 0.1) is 24.9 Å². The lowest BCUT2D eigenvalue weighted by Crippen LogP contribution is -2.40. The minimum Gasteiger partial charge on any atom is -0.454 e. The van der Waals surface area contributed by atoms with E-state index in [0.717, 1.165) is 5.69 Å². The molecule has 1 N–H and O–H groups in total. The highest BCUT2D eigenvalue weighted by molar-refractivity contribution is 5.47. The molecule has 0 spiro atoms. The average Bonchev–Trinajstić information content (AvgIpc) is 3.58. The van der Waals surface area contributed by atoms with Crippen LogP contribution < -0.4 is 19.5 Å². The molecular weight excluding hydrogens is 404 g/mol. The Morgan fingerprint density at radius 3 is 2.94 bits per heavy atom. The Labute approximate surface area is 177 Å². The number of nitrogens with zero attached hydrogens (tertiary/aromatic N) is 5. The van der Waals surface area contributed by atoms with Gasteiger partial charge in [-0.3, -0.25) is 4.98 Å². The topological polar surface area (TPSA) is 115 Å². The number of tetrazole rings is 1. The first-order chi connectivity index (χ1) is 15.3. The summed E-state index contributed by atoms with van der Waals surface area (Å²) in [6.07, 6.45) is 1.51. The van der Waals surface area contributed by atoms with Crippen molar-refractivity contribution in [2.24, 2.45) is 0 Å². The third-order valence-corrected chi connectivity index (χ3v) is 5.63. The van der Waals surface area contributed by atoms with Crippen molar-refractivity contribution in [2.45, 2.75) is 30.8 Å². The molecule has 0 amide bonds. The van der Waals surface area contributed by atoms with Crippen molar-refractivity contribution in [1.82, 2.24) is 30.5 Å². The van der Waals surface area contributed by atoms with Gasteiger partial charge in [-0.15, -0.1) is 0 Å². The van der Waals surface area contributed by atoms with Crippen LogP contribution in [-0.4, -0.2) is 63.4 Å². The molecule has 11 heteroatoms. The highest BCUT2D eigenvalue weighted by Gasteiger charge is 2.49. The first kappa shape index (κ1) is 18.5. The van der Waals surface area contributed by atoms with Crippen LogP contribution in [0.5, 0.6) is 23.3 Å². The first-order valence-electron chi connectivity index (χ1n) is 10.1. The minimum absolute atomic E-state index is 0.0618. The second-order valence-electron chi connectivity index (χ2n) is 7.49. The number of ether oxygens (including phenoxy) is 5. The van der Waals surface area contributed by atoms with E-state index in [1.807, 2.05) is 18.2 Å². The molecule has 3 aromatic rings. The molecule has 0 aliphatic carbocycles. The zero-order valence-corrected chi connectivity index (χ0v) is 16.5. The van der Waals surface area contributed by atoms with E-state index in [1.54, 1.807) is 29.1 Å². The van der Waals surface area contributed by atoms with Crippen molar-refractivity contribution >= 4 is 0 Å². The summed E-state index contributed by atoms with van der Waals surface area (Å²) in [7, 11) is 0. The highest BCUT2D eigenvalue weighted by atomic mass is 16.7. The average molecular weight is 424 g/mol. The number of hydrogen-bond acceptors (Lipinski definition) is 10. The molecule has 2 saturated heterocycles. The Hall–Kier alpha value is -3.28. The minimum atomic E-state index is -0.189. The van der Waals surface area contributed by atoms with Crippen LogP contribution in [0.25, 0.3) is 0 Å². The summed E-state index contributed by atoms with van der Waals surface area (Å²) in [6, 6.07) is 11.3. The molecule has 31 heavy (non-hydrogen) atoms. The fourth-order valence-electron chi connectivity index (χ4n) is 4.11. The lowest BCUT2D eigenvalue weighted by molar-refractivity contribution is 0.0611. The molecular formula is C20H20N6O5. The molecule has 0 radical (unpaired) electrons. The zero-order valence-electron chi connectivity index (χ0n) is 16.5. The summed E-state index contributed by atoms with van der Waals surface area (Å²) >= 11 is 0. The highest BCUT2D eigenvalue weighted by Crippen LogP contribution is 2.38. The maximum absolute atomic E-state index is 6.06. The van der Waals surface area contributed by atoms with E-state index < -0.39 is 0 Å². The molecule has 160 valence electrons. The molecule has 11 nitrogen and oxygen atoms in total. The predicted octanol–water partition coefficient (Wildman–Crippen LogP) is 1.09. The van der Waals surface area contributed by atoms with Crippen molar-refractivity contribution in [3.05, 3.63) is 48.3 Å². The van der Waals surface area contributed by atoms with Gasteiger partial charge in [-0.25, -0.2) is 0 Å². The van der Waals surface area contributed by atoms with Crippen LogP contribution in [0, 0.1) is 0 Å². The van der Waals surface area contributed by atoms with Crippen molar-refractivity contribution in [1.29, 1.82) is 0 Å². The molecule has 2 aromatic heterocycles. The van der Waals surface area contributed by atoms with Gasteiger partial charge in [-0.2, -0.15) is 4.68 Å². The Balaban J connectivity index is 1.14. The van der Waals surface area contributed by atoms with Gasteiger partial charge in [0, 0.05) is 18.8 Å². The van der Waals surface area contributed by atoms with Gasteiger partial charge in [0.1, 0.15) is 24.0 Å². The fourth-order valence-corrected chi connectivity index (χ4v) is 4.11. The normalized spacial score (nSPS) is 26.2. The van der Waals surface area contributed by atoms with Crippen LogP contribution in [0.1, 0.15) is 11.7 Å². The Kier molecular flexibility index (Phi) is 4.63. The largest absolute Gasteiger partial charge is 0.454 e. The Morgan fingerprint density at radius 2 is 2.00 bits per heavy atom. The van der Waals surface area contributed by atoms with E-state index in [9.17, 15) is 0 Å². The Bertz CT molecular complexity index is 1060. The summed E-state index contributed by atoms with van der Waals surface area (Å²) in [4.78, 5) is 4.35. The van der Waals surface area contributed by atoms with Crippen LogP contribution in [0.4, 0.5) is 0 Å². The standard InChI is InChI=1S/C20H20N6O5/c1-2-6-21-12(3-1)8-22-14-9-27-19-15(10-28-18(14)19)26-20(23-24-25-26)31-13-4-5-16-17(7-13)30-11-29-16/h1-7,14-15,18-19,22H,8-11H2.